The maximum atomic E-state index is 5.89. The summed E-state index contributed by atoms with van der Waals surface area (Å²) in [5.74, 6) is 0. The zero-order valence-corrected chi connectivity index (χ0v) is 21.2. The Hall–Kier alpha value is -2.70. The van der Waals surface area contributed by atoms with E-state index in [9.17, 15) is 0 Å². The van der Waals surface area contributed by atoms with E-state index in [0.29, 0.717) is 38.5 Å². The van der Waals surface area contributed by atoms with Crippen LogP contribution in [0.2, 0.25) is 0 Å². The highest BCUT2D eigenvalue weighted by Crippen LogP contribution is 2.19. The number of imidazole rings is 2. The topological polar surface area (TPSA) is 36.1 Å². The van der Waals surface area contributed by atoms with Gasteiger partial charge in [0.2, 0.25) is 12.7 Å². The first-order valence-electron chi connectivity index (χ1n) is 12.8. The summed E-state index contributed by atoms with van der Waals surface area (Å²) >= 11 is 0. The number of fused-ring (bicyclic) bond motifs is 2. The van der Waals surface area contributed by atoms with Gasteiger partial charge in [-0.2, -0.15) is 0 Å². The van der Waals surface area contributed by atoms with Crippen LogP contribution in [-0.2, 0) is 22.6 Å². The van der Waals surface area contributed by atoms with Gasteiger partial charge >= 0.3 is 0 Å². The maximum Gasteiger partial charge on any atom is 0.245 e. The van der Waals surface area contributed by atoms with Gasteiger partial charge in [-0.1, -0.05) is 38.1 Å². The van der Waals surface area contributed by atoms with Crippen molar-refractivity contribution in [3.8, 4) is 0 Å². The maximum absolute atomic E-state index is 5.89. The van der Waals surface area contributed by atoms with Crippen LogP contribution in [0.1, 0.15) is 52.6 Å². The fourth-order valence-corrected chi connectivity index (χ4v) is 4.50. The lowest BCUT2D eigenvalue weighted by atomic mass is 10.2. The monoisotopic (exact) mass is 464 g/mol. The van der Waals surface area contributed by atoms with Gasteiger partial charge in [0.1, 0.15) is 13.1 Å². The number of benzene rings is 2. The highest BCUT2D eigenvalue weighted by Gasteiger charge is 2.19. The molecule has 2 aromatic carbocycles. The second-order valence-corrected chi connectivity index (χ2v) is 9.15. The van der Waals surface area contributed by atoms with E-state index in [1.807, 2.05) is 0 Å². The van der Waals surface area contributed by atoms with Crippen LogP contribution in [0.15, 0.2) is 61.2 Å². The van der Waals surface area contributed by atoms with Crippen LogP contribution in [0.3, 0.4) is 0 Å². The first-order valence-corrected chi connectivity index (χ1v) is 12.8. The average Bonchev–Trinajstić information content (AvgIpc) is 3.43. The third-order valence-corrected chi connectivity index (χ3v) is 6.92. The molecule has 6 nitrogen and oxygen atoms in total. The summed E-state index contributed by atoms with van der Waals surface area (Å²) in [6, 6.07) is 18.2. The molecule has 0 aliphatic rings. The molecular formula is C28H40N4O2+2. The van der Waals surface area contributed by atoms with Gasteiger partial charge in [-0.05, 0) is 51.0 Å². The molecule has 0 bridgehead atoms. The van der Waals surface area contributed by atoms with Crippen LogP contribution in [-0.4, -0.2) is 35.6 Å². The van der Waals surface area contributed by atoms with Gasteiger partial charge in [-0.15, -0.1) is 0 Å². The molecule has 2 heterocycles. The smallest absolute Gasteiger partial charge is 0.245 e. The minimum Gasteiger partial charge on any atom is -0.375 e. The van der Waals surface area contributed by atoms with E-state index in [1.54, 1.807) is 0 Å². The summed E-state index contributed by atoms with van der Waals surface area (Å²) < 4.78 is 21.1. The second kappa shape index (κ2) is 11.6. The Balaban J connectivity index is 1.22. The van der Waals surface area contributed by atoms with Gasteiger partial charge in [0.15, 0.2) is 22.1 Å². The molecule has 4 aromatic rings. The lowest BCUT2D eigenvalue weighted by molar-refractivity contribution is -0.674. The molecule has 0 aliphatic carbocycles. The van der Waals surface area contributed by atoms with Crippen LogP contribution in [0.25, 0.3) is 22.1 Å². The van der Waals surface area contributed by atoms with Crippen molar-refractivity contribution >= 4 is 22.1 Å². The zero-order chi connectivity index (χ0) is 23.9. The lowest BCUT2D eigenvalue weighted by Gasteiger charge is -2.05. The fourth-order valence-electron chi connectivity index (χ4n) is 4.50. The average molecular weight is 465 g/mol. The summed E-state index contributed by atoms with van der Waals surface area (Å²) in [6.45, 7) is 13.3. The van der Waals surface area contributed by atoms with E-state index >= 15 is 0 Å². The van der Waals surface area contributed by atoms with Crippen molar-refractivity contribution in [3.63, 3.8) is 0 Å². The fraction of sp³-hybridized carbons (Fsp3) is 0.500. The van der Waals surface area contributed by atoms with E-state index in [1.165, 1.54) is 22.1 Å². The number of hydrogen-bond acceptors (Lipinski definition) is 2. The number of para-hydroxylation sites is 4. The Kier molecular flexibility index (Phi) is 8.35. The Bertz CT molecular complexity index is 1100. The van der Waals surface area contributed by atoms with Gasteiger partial charge in [-0.25, -0.2) is 18.3 Å². The summed E-state index contributed by atoms with van der Waals surface area (Å²) in [5, 5.41) is 0. The highest BCUT2D eigenvalue weighted by molar-refractivity contribution is 5.72. The molecule has 2 atom stereocenters. The van der Waals surface area contributed by atoms with Gasteiger partial charge < -0.3 is 9.47 Å². The van der Waals surface area contributed by atoms with Crippen LogP contribution in [0.5, 0.6) is 0 Å². The van der Waals surface area contributed by atoms with Gasteiger partial charge in [0.05, 0.1) is 38.5 Å². The minimum absolute atomic E-state index is 0.484. The summed E-state index contributed by atoms with van der Waals surface area (Å²) in [5.41, 5.74) is 5.09. The van der Waals surface area contributed by atoms with Crippen LogP contribution in [0, 0.1) is 0 Å². The third-order valence-electron chi connectivity index (χ3n) is 6.92. The van der Waals surface area contributed by atoms with Gasteiger partial charge in [-0.3, -0.25) is 0 Å². The van der Waals surface area contributed by atoms with Crippen molar-refractivity contribution in [3.05, 3.63) is 61.2 Å². The summed E-state index contributed by atoms with van der Waals surface area (Å²) in [6.07, 6.45) is 6.68. The first-order chi connectivity index (χ1) is 16.6. The molecule has 0 amide bonds. The van der Waals surface area contributed by atoms with Crippen molar-refractivity contribution < 1.29 is 18.6 Å². The van der Waals surface area contributed by atoms with E-state index in [4.69, 9.17) is 9.47 Å². The first kappa shape index (κ1) is 24.4. The number of hydrogen-bond donors (Lipinski definition) is 0. The normalized spacial score (nSPS) is 13.6. The molecule has 0 saturated carbocycles. The Morgan fingerprint density at radius 2 is 1.06 bits per heavy atom. The number of aromatic nitrogens is 4. The molecule has 34 heavy (non-hydrogen) atoms. The highest BCUT2D eigenvalue weighted by atomic mass is 16.5. The predicted octanol–water partition coefficient (Wildman–Crippen LogP) is 4.85. The molecule has 2 unspecified atom stereocenters. The molecule has 0 N–H and O–H groups in total. The molecule has 2 aromatic heterocycles. The predicted molar refractivity (Wildman–Crippen MR) is 136 cm³/mol. The van der Waals surface area contributed by atoms with E-state index in [-0.39, 0.29) is 0 Å². The minimum atomic E-state index is 0.484. The van der Waals surface area contributed by atoms with E-state index in [2.05, 4.69) is 107 Å². The molecule has 0 saturated heterocycles. The number of ether oxygens (including phenoxy) is 2. The van der Waals surface area contributed by atoms with Crippen molar-refractivity contribution in [1.82, 2.24) is 9.13 Å². The molecule has 6 heteroatoms. The Labute approximate surface area is 203 Å². The summed E-state index contributed by atoms with van der Waals surface area (Å²) in [4.78, 5) is 0. The van der Waals surface area contributed by atoms with E-state index in [0.717, 1.165) is 25.9 Å². The van der Waals surface area contributed by atoms with Crippen molar-refractivity contribution in [2.45, 2.75) is 65.7 Å². The number of nitrogens with zero attached hydrogens (tertiary/aromatic N) is 4. The van der Waals surface area contributed by atoms with Gasteiger partial charge in [0, 0.05) is 0 Å². The zero-order valence-electron chi connectivity index (χ0n) is 21.2. The molecule has 182 valence electrons. The Morgan fingerprint density at radius 3 is 1.47 bits per heavy atom. The Morgan fingerprint density at radius 1 is 0.647 bits per heavy atom. The van der Waals surface area contributed by atoms with Crippen LogP contribution >= 0.6 is 0 Å². The molecule has 4 rings (SSSR count). The van der Waals surface area contributed by atoms with E-state index < -0.39 is 0 Å². The van der Waals surface area contributed by atoms with Crippen LogP contribution < -0.4 is 9.13 Å². The molecule has 0 spiro atoms. The molecule has 0 radical (unpaired) electrons. The summed E-state index contributed by atoms with van der Waals surface area (Å²) in [7, 11) is 0. The van der Waals surface area contributed by atoms with Crippen molar-refractivity contribution in [2.24, 2.45) is 0 Å². The van der Waals surface area contributed by atoms with Crippen molar-refractivity contribution in [1.29, 1.82) is 0 Å². The quantitative estimate of drug-likeness (QED) is 0.210. The largest absolute Gasteiger partial charge is 0.375 e. The number of rotatable bonds is 13. The van der Waals surface area contributed by atoms with Gasteiger partial charge in [0.25, 0.3) is 0 Å². The third kappa shape index (κ3) is 5.34. The molecule has 0 aliphatic heterocycles. The second-order valence-electron chi connectivity index (χ2n) is 9.15. The molecule has 0 fully saturated rings. The lowest BCUT2D eigenvalue weighted by Crippen LogP contribution is -2.35. The van der Waals surface area contributed by atoms with Crippen molar-refractivity contribution in [2.75, 3.05) is 26.4 Å². The molecular weight excluding hydrogens is 424 g/mol. The standard InChI is InChI=1S/C28H40N4O2/c1-5-23(3)31-21-29(25-11-7-9-13-27(25)31)15-17-33-19-20-34-18-16-30-22-32(24(4)6-2)28-14-10-8-12-26(28)30/h7-14,21-24H,5-6,15-20H2,1-4H3/q+2. The SMILES string of the molecule is CCC(C)n1c[n+](CCOCCOCC[n+]2cn(C(C)CC)c3ccccc32)c2ccccc21. The van der Waals surface area contributed by atoms with Crippen LogP contribution in [0.4, 0.5) is 0 Å².